The van der Waals surface area contributed by atoms with Crippen LogP contribution < -0.4 is 16.0 Å². The predicted molar refractivity (Wildman–Crippen MR) is 100 cm³/mol. The molecule has 2 aromatic rings. The molecule has 1 amide bonds. The van der Waals surface area contributed by atoms with Crippen LogP contribution in [0, 0.1) is 5.92 Å². The summed E-state index contributed by atoms with van der Waals surface area (Å²) in [6.45, 7) is 3.95. The molecule has 0 unspecified atom stereocenters. The minimum absolute atomic E-state index is 0. The van der Waals surface area contributed by atoms with Crippen LogP contribution in [0.2, 0.25) is 0 Å². The van der Waals surface area contributed by atoms with Crippen LogP contribution in [0.5, 0.6) is 0 Å². The molecule has 1 aromatic carbocycles. The van der Waals surface area contributed by atoms with Crippen LogP contribution in [0.4, 0.5) is 6.01 Å². The highest BCUT2D eigenvalue weighted by Gasteiger charge is 2.27. The number of para-hydroxylation sites is 2. The Morgan fingerprint density at radius 2 is 2.04 bits per heavy atom. The summed E-state index contributed by atoms with van der Waals surface area (Å²) in [7, 11) is 0. The first-order valence-corrected chi connectivity index (χ1v) is 7.78. The summed E-state index contributed by atoms with van der Waals surface area (Å²) in [6, 6.07) is 8.42. The summed E-state index contributed by atoms with van der Waals surface area (Å²) in [5.41, 5.74) is 7.21. The minimum Gasteiger partial charge on any atom is -0.423 e. The second-order valence-corrected chi connectivity index (χ2v) is 5.87. The van der Waals surface area contributed by atoms with Gasteiger partial charge in [-0.3, -0.25) is 4.79 Å². The summed E-state index contributed by atoms with van der Waals surface area (Å²) in [6.07, 6.45) is 1.61. The summed E-state index contributed by atoms with van der Waals surface area (Å²) in [5, 5.41) is 2.95. The van der Waals surface area contributed by atoms with Crippen molar-refractivity contribution in [3.8, 4) is 0 Å². The van der Waals surface area contributed by atoms with Crippen molar-refractivity contribution in [1.29, 1.82) is 0 Å². The van der Waals surface area contributed by atoms with Gasteiger partial charge in [0.05, 0.1) is 0 Å². The zero-order valence-electron chi connectivity index (χ0n) is 13.6. The van der Waals surface area contributed by atoms with E-state index in [9.17, 15) is 4.79 Å². The quantitative estimate of drug-likeness (QED) is 0.857. The fourth-order valence-corrected chi connectivity index (χ4v) is 2.75. The molecule has 134 valence electrons. The lowest BCUT2D eigenvalue weighted by atomic mass is 9.96. The molecule has 1 aliphatic rings. The lowest BCUT2D eigenvalue weighted by Gasteiger charge is -2.30. The van der Waals surface area contributed by atoms with Gasteiger partial charge in [0.25, 0.3) is 6.01 Å². The van der Waals surface area contributed by atoms with Gasteiger partial charge in [-0.25, -0.2) is 0 Å². The van der Waals surface area contributed by atoms with Crippen LogP contribution >= 0.6 is 24.8 Å². The van der Waals surface area contributed by atoms with Gasteiger partial charge in [0.1, 0.15) is 5.52 Å². The lowest BCUT2D eigenvalue weighted by molar-refractivity contribution is -0.126. The van der Waals surface area contributed by atoms with E-state index in [0.717, 1.165) is 37.0 Å². The highest BCUT2D eigenvalue weighted by atomic mass is 35.5. The molecule has 0 spiro atoms. The third kappa shape index (κ3) is 4.53. The van der Waals surface area contributed by atoms with E-state index in [0.29, 0.717) is 12.6 Å². The highest BCUT2D eigenvalue weighted by molar-refractivity contribution is 5.85. The Bertz CT molecular complexity index is 623. The van der Waals surface area contributed by atoms with Gasteiger partial charge in [-0.1, -0.05) is 12.1 Å². The number of nitrogens with one attached hydrogen (secondary N) is 1. The van der Waals surface area contributed by atoms with Crippen LogP contribution in [-0.4, -0.2) is 36.6 Å². The van der Waals surface area contributed by atoms with E-state index in [1.54, 1.807) is 0 Å². The number of amides is 1. The first kappa shape index (κ1) is 20.5. The van der Waals surface area contributed by atoms with Gasteiger partial charge in [-0.15, -0.1) is 24.8 Å². The number of carbonyl (C=O) groups is 1. The van der Waals surface area contributed by atoms with Crippen molar-refractivity contribution >= 4 is 47.8 Å². The van der Waals surface area contributed by atoms with Crippen molar-refractivity contribution in [3.05, 3.63) is 24.3 Å². The highest BCUT2D eigenvalue weighted by Crippen LogP contribution is 2.26. The van der Waals surface area contributed by atoms with Crippen LogP contribution in [-0.2, 0) is 4.79 Å². The third-order valence-electron chi connectivity index (χ3n) is 4.16. The van der Waals surface area contributed by atoms with Crippen LogP contribution in [0.1, 0.15) is 19.8 Å². The van der Waals surface area contributed by atoms with E-state index in [-0.39, 0.29) is 42.7 Å². The molecule has 0 saturated carbocycles. The maximum atomic E-state index is 12.1. The van der Waals surface area contributed by atoms with Crippen LogP contribution in [0.15, 0.2) is 28.7 Å². The van der Waals surface area contributed by atoms with Crippen molar-refractivity contribution in [3.63, 3.8) is 0 Å². The topological polar surface area (TPSA) is 84.4 Å². The largest absolute Gasteiger partial charge is 0.423 e. The molecule has 3 N–H and O–H groups in total. The van der Waals surface area contributed by atoms with Gasteiger partial charge in [-0.05, 0) is 31.9 Å². The molecule has 24 heavy (non-hydrogen) atoms. The summed E-state index contributed by atoms with van der Waals surface area (Å²) >= 11 is 0. The number of halogens is 2. The minimum atomic E-state index is 0. The molecular formula is C16H24Cl2N4O2. The molecule has 0 radical (unpaired) electrons. The number of hydrogen-bond donors (Lipinski definition) is 2. The van der Waals surface area contributed by atoms with Crippen molar-refractivity contribution < 1.29 is 9.21 Å². The smallest absolute Gasteiger partial charge is 0.298 e. The van der Waals surface area contributed by atoms with Crippen LogP contribution in [0.3, 0.4) is 0 Å². The molecule has 1 atom stereocenters. The normalized spacial score (nSPS) is 16.2. The van der Waals surface area contributed by atoms with E-state index in [2.05, 4.69) is 15.2 Å². The number of hydrogen-bond acceptors (Lipinski definition) is 5. The molecule has 0 aliphatic carbocycles. The molecule has 0 bridgehead atoms. The fourth-order valence-electron chi connectivity index (χ4n) is 2.75. The molecule has 6 nitrogen and oxygen atoms in total. The van der Waals surface area contributed by atoms with Gasteiger partial charge in [-0.2, -0.15) is 4.98 Å². The van der Waals surface area contributed by atoms with Gasteiger partial charge >= 0.3 is 0 Å². The van der Waals surface area contributed by atoms with Gasteiger partial charge in [0.15, 0.2) is 5.58 Å². The van der Waals surface area contributed by atoms with Crippen molar-refractivity contribution in [2.45, 2.75) is 25.8 Å². The van der Waals surface area contributed by atoms with E-state index >= 15 is 0 Å². The van der Waals surface area contributed by atoms with E-state index in [1.165, 1.54) is 0 Å². The maximum absolute atomic E-state index is 12.1. The van der Waals surface area contributed by atoms with E-state index in [1.807, 2.05) is 31.2 Å². The number of nitrogens with two attached hydrogens (primary N) is 1. The molecule has 1 saturated heterocycles. The van der Waals surface area contributed by atoms with Gasteiger partial charge < -0.3 is 20.4 Å². The fraction of sp³-hybridized carbons (Fsp3) is 0.500. The molecular weight excluding hydrogens is 351 g/mol. The lowest BCUT2D eigenvalue weighted by Crippen LogP contribution is -2.45. The number of oxazole rings is 1. The van der Waals surface area contributed by atoms with Gasteiger partial charge in [0.2, 0.25) is 5.91 Å². The number of aromatic nitrogens is 1. The molecule has 1 aliphatic heterocycles. The van der Waals surface area contributed by atoms with Crippen molar-refractivity contribution in [2.24, 2.45) is 11.7 Å². The Morgan fingerprint density at radius 1 is 1.38 bits per heavy atom. The maximum Gasteiger partial charge on any atom is 0.298 e. The van der Waals surface area contributed by atoms with Crippen LogP contribution in [0.25, 0.3) is 11.1 Å². The molecule has 8 heteroatoms. The van der Waals surface area contributed by atoms with Gasteiger partial charge in [0, 0.05) is 31.6 Å². The predicted octanol–water partition coefficient (Wildman–Crippen LogP) is 2.35. The monoisotopic (exact) mass is 374 g/mol. The number of carbonyl (C=O) groups excluding carboxylic acids is 1. The molecule has 1 fully saturated rings. The van der Waals surface area contributed by atoms with E-state index in [4.69, 9.17) is 10.2 Å². The average Bonchev–Trinajstić information content (AvgIpc) is 2.98. The summed E-state index contributed by atoms with van der Waals surface area (Å²) in [5.74, 6) is 0.157. The molecule has 2 heterocycles. The summed E-state index contributed by atoms with van der Waals surface area (Å²) < 4.78 is 5.78. The zero-order chi connectivity index (χ0) is 15.5. The Balaban J connectivity index is 0.00000144. The van der Waals surface area contributed by atoms with Crippen molar-refractivity contribution in [2.75, 3.05) is 24.5 Å². The number of benzene rings is 1. The molecule has 3 rings (SSSR count). The first-order valence-electron chi connectivity index (χ1n) is 7.78. The Hall–Kier alpha value is -1.50. The zero-order valence-corrected chi connectivity index (χ0v) is 15.2. The number of nitrogens with zero attached hydrogens (tertiary/aromatic N) is 2. The summed E-state index contributed by atoms with van der Waals surface area (Å²) in [4.78, 5) is 18.7. The first-order chi connectivity index (χ1) is 10.7. The second-order valence-electron chi connectivity index (χ2n) is 5.87. The number of piperidine rings is 1. The third-order valence-corrected chi connectivity index (χ3v) is 4.16. The Kier molecular flexibility index (Phi) is 7.79. The van der Waals surface area contributed by atoms with E-state index < -0.39 is 0 Å². The number of rotatable bonds is 4. The SMILES string of the molecule is C[C@@H](CN)NC(=O)C1CCN(c2nc3ccccc3o2)CC1.Cl.Cl. The Labute approximate surface area is 154 Å². The molecule has 1 aromatic heterocycles. The standard InChI is InChI=1S/C16H22N4O2.2ClH/c1-11(10-17)18-15(21)12-6-8-20(9-7-12)16-19-13-4-2-3-5-14(13)22-16;;/h2-5,11-12H,6-10,17H2,1H3,(H,18,21);2*1H/t11-;;/m0../s1. The average molecular weight is 375 g/mol. The second kappa shape index (κ2) is 9.11. The Morgan fingerprint density at radius 3 is 2.67 bits per heavy atom. The number of anilines is 1. The number of fused-ring (bicyclic) bond motifs is 1. The van der Waals surface area contributed by atoms with Crippen molar-refractivity contribution in [1.82, 2.24) is 10.3 Å².